The number of amides is 1. The summed E-state index contributed by atoms with van der Waals surface area (Å²) in [5.41, 5.74) is 1.20. The van der Waals surface area contributed by atoms with Gasteiger partial charge in [-0.3, -0.25) is 4.79 Å². The lowest BCUT2D eigenvalue weighted by Gasteiger charge is -2.19. The average Bonchev–Trinajstić information content (AvgIpc) is 2.61. The van der Waals surface area contributed by atoms with Crippen molar-refractivity contribution in [2.24, 2.45) is 0 Å². The molecule has 2 aromatic carbocycles. The second kappa shape index (κ2) is 8.72. The zero-order valence-corrected chi connectivity index (χ0v) is 15.2. The van der Waals surface area contributed by atoms with Gasteiger partial charge in [-0.25, -0.2) is 4.39 Å². The maximum absolute atomic E-state index is 13.8. The van der Waals surface area contributed by atoms with Crippen molar-refractivity contribution in [1.29, 1.82) is 0 Å². The smallest absolute Gasteiger partial charge is 0.225 e. The van der Waals surface area contributed by atoms with Crippen LogP contribution in [0.3, 0.4) is 0 Å². The number of carbonyl (C=O) groups is 1. The van der Waals surface area contributed by atoms with E-state index in [0.717, 1.165) is 5.56 Å². The van der Waals surface area contributed by atoms with Crippen LogP contribution in [-0.2, 0) is 11.2 Å². The van der Waals surface area contributed by atoms with Gasteiger partial charge >= 0.3 is 0 Å². The molecule has 0 radical (unpaired) electrons. The molecular weight excluding hydrogens is 345 g/mol. The molecule has 0 saturated heterocycles. The number of hydrogen-bond acceptors (Lipinski definition) is 3. The molecule has 4 nitrogen and oxygen atoms in total. The van der Waals surface area contributed by atoms with E-state index in [2.05, 4.69) is 5.32 Å². The molecule has 2 rings (SSSR count). The lowest BCUT2D eigenvalue weighted by atomic mass is 10.0. The van der Waals surface area contributed by atoms with Gasteiger partial charge in [0.25, 0.3) is 0 Å². The standard InChI is InChI=1S/C19H21ClFNO3/c1-4-16(13-6-8-17(24-2)18(9-13)25-3)22-19(23)10-12-5-7-14(20)11-15(12)21/h5-9,11,16H,4,10H2,1-3H3,(H,22,23)/t16-/m1/s1. The van der Waals surface area contributed by atoms with E-state index in [9.17, 15) is 9.18 Å². The third-order valence-corrected chi connectivity index (χ3v) is 4.15. The number of carbonyl (C=O) groups excluding carboxylic acids is 1. The fourth-order valence-corrected chi connectivity index (χ4v) is 2.73. The molecule has 0 fully saturated rings. The molecule has 1 atom stereocenters. The van der Waals surface area contributed by atoms with Gasteiger partial charge in [-0.05, 0) is 41.8 Å². The predicted octanol–water partition coefficient (Wildman–Crippen LogP) is 4.31. The first-order valence-electron chi connectivity index (χ1n) is 7.93. The molecule has 0 unspecified atom stereocenters. The SMILES string of the molecule is CC[C@@H](NC(=O)Cc1ccc(Cl)cc1F)c1ccc(OC)c(OC)c1. The largest absolute Gasteiger partial charge is 0.493 e. The summed E-state index contributed by atoms with van der Waals surface area (Å²) in [6, 6.07) is 9.59. The van der Waals surface area contributed by atoms with Crippen LogP contribution >= 0.6 is 11.6 Å². The van der Waals surface area contributed by atoms with Gasteiger partial charge in [0, 0.05) is 5.02 Å². The van der Waals surface area contributed by atoms with E-state index < -0.39 is 5.82 Å². The molecular formula is C19H21ClFNO3. The Labute approximate surface area is 151 Å². The second-order valence-corrected chi connectivity index (χ2v) is 5.99. The van der Waals surface area contributed by atoms with Crippen molar-refractivity contribution in [1.82, 2.24) is 5.32 Å². The van der Waals surface area contributed by atoms with E-state index in [1.807, 2.05) is 19.1 Å². The topological polar surface area (TPSA) is 47.6 Å². The van der Waals surface area contributed by atoms with E-state index in [0.29, 0.717) is 28.5 Å². The van der Waals surface area contributed by atoms with Crippen LogP contribution in [0.4, 0.5) is 4.39 Å². The quantitative estimate of drug-likeness (QED) is 0.795. The Bertz CT molecular complexity index is 751. The van der Waals surface area contributed by atoms with Gasteiger partial charge in [0.1, 0.15) is 5.82 Å². The van der Waals surface area contributed by atoms with Crippen LogP contribution in [0.2, 0.25) is 5.02 Å². The first-order chi connectivity index (χ1) is 12.0. The summed E-state index contributed by atoms with van der Waals surface area (Å²) in [6.45, 7) is 1.96. The maximum atomic E-state index is 13.8. The molecule has 0 spiro atoms. The minimum absolute atomic E-state index is 0.0488. The third kappa shape index (κ3) is 4.86. The maximum Gasteiger partial charge on any atom is 0.225 e. The number of nitrogens with one attached hydrogen (secondary N) is 1. The number of rotatable bonds is 7. The highest BCUT2D eigenvalue weighted by Gasteiger charge is 2.16. The Morgan fingerprint density at radius 1 is 1.16 bits per heavy atom. The molecule has 0 bridgehead atoms. The molecule has 0 aliphatic rings. The molecule has 1 amide bonds. The molecule has 6 heteroatoms. The summed E-state index contributed by atoms with van der Waals surface area (Å²) in [5.74, 6) is 0.469. The molecule has 25 heavy (non-hydrogen) atoms. The van der Waals surface area contributed by atoms with Gasteiger partial charge in [0.15, 0.2) is 11.5 Å². The normalized spacial score (nSPS) is 11.7. The van der Waals surface area contributed by atoms with Crippen molar-refractivity contribution >= 4 is 17.5 Å². The van der Waals surface area contributed by atoms with Gasteiger partial charge in [-0.1, -0.05) is 30.7 Å². The zero-order chi connectivity index (χ0) is 18.4. The number of methoxy groups -OCH3 is 2. The first kappa shape index (κ1) is 19.1. The Morgan fingerprint density at radius 3 is 2.48 bits per heavy atom. The molecule has 134 valence electrons. The van der Waals surface area contributed by atoms with E-state index in [4.69, 9.17) is 21.1 Å². The van der Waals surface area contributed by atoms with Crippen LogP contribution in [0.5, 0.6) is 11.5 Å². The fourth-order valence-electron chi connectivity index (χ4n) is 2.57. The molecule has 0 aromatic heterocycles. The van der Waals surface area contributed by atoms with Crippen molar-refractivity contribution < 1.29 is 18.7 Å². The van der Waals surface area contributed by atoms with Crippen molar-refractivity contribution in [3.63, 3.8) is 0 Å². The van der Waals surface area contributed by atoms with Gasteiger partial charge in [-0.15, -0.1) is 0 Å². The van der Waals surface area contributed by atoms with Crippen LogP contribution in [0.25, 0.3) is 0 Å². The third-order valence-electron chi connectivity index (χ3n) is 3.92. The van der Waals surface area contributed by atoms with Crippen molar-refractivity contribution in [2.75, 3.05) is 14.2 Å². The van der Waals surface area contributed by atoms with E-state index in [1.165, 1.54) is 12.1 Å². The summed E-state index contributed by atoms with van der Waals surface area (Å²) < 4.78 is 24.4. The molecule has 1 N–H and O–H groups in total. The summed E-state index contributed by atoms with van der Waals surface area (Å²) in [4.78, 5) is 12.3. The first-order valence-corrected chi connectivity index (χ1v) is 8.31. The Balaban J connectivity index is 2.12. The molecule has 2 aromatic rings. The minimum Gasteiger partial charge on any atom is -0.493 e. The average molecular weight is 366 g/mol. The van der Waals surface area contributed by atoms with Crippen LogP contribution in [0.15, 0.2) is 36.4 Å². The second-order valence-electron chi connectivity index (χ2n) is 5.56. The van der Waals surface area contributed by atoms with Gasteiger partial charge in [0.05, 0.1) is 26.7 Å². The summed E-state index contributed by atoms with van der Waals surface area (Å²) in [5, 5.41) is 3.23. The van der Waals surface area contributed by atoms with Gasteiger partial charge in [0.2, 0.25) is 5.91 Å². The van der Waals surface area contributed by atoms with Crippen molar-refractivity contribution in [2.45, 2.75) is 25.8 Å². The van der Waals surface area contributed by atoms with E-state index in [-0.39, 0.29) is 18.4 Å². The Hall–Kier alpha value is -2.27. The zero-order valence-electron chi connectivity index (χ0n) is 14.4. The lowest BCUT2D eigenvalue weighted by molar-refractivity contribution is -0.121. The number of benzene rings is 2. The minimum atomic E-state index is -0.484. The molecule has 0 aliphatic heterocycles. The highest BCUT2D eigenvalue weighted by atomic mass is 35.5. The lowest BCUT2D eigenvalue weighted by Crippen LogP contribution is -2.29. The summed E-state index contributed by atoms with van der Waals surface area (Å²) in [6.07, 6.45) is 0.636. The molecule has 0 saturated carbocycles. The fraction of sp³-hybridized carbons (Fsp3) is 0.316. The van der Waals surface area contributed by atoms with Crippen LogP contribution in [0.1, 0.15) is 30.5 Å². The highest BCUT2D eigenvalue weighted by Crippen LogP contribution is 2.31. The predicted molar refractivity (Wildman–Crippen MR) is 95.8 cm³/mol. The monoisotopic (exact) mass is 365 g/mol. The molecule has 0 heterocycles. The van der Waals surface area contributed by atoms with Crippen LogP contribution < -0.4 is 14.8 Å². The van der Waals surface area contributed by atoms with Gasteiger partial charge in [-0.2, -0.15) is 0 Å². The summed E-state index contributed by atoms with van der Waals surface area (Å²) >= 11 is 5.73. The van der Waals surface area contributed by atoms with Crippen molar-refractivity contribution in [3.8, 4) is 11.5 Å². The number of ether oxygens (including phenoxy) is 2. The Morgan fingerprint density at radius 2 is 1.88 bits per heavy atom. The van der Waals surface area contributed by atoms with Crippen LogP contribution in [-0.4, -0.2) is 20.1 Å². The number of hydrogen-bond donors (Lipinski definition) is 1. The van der Waals surface area contributed by atoms with E-state index >= 15 is 0 Å². The highest BCUT2D eigenvalue weighted by molar-refractivity contribution is 6.30. The Kier molecular flexibility index (Phi) is 6.65. The molecule has 0 aliphatic carbocycles. The van der Waals surface area contributed by atoms with Gasteiger partial charge < -0.3 is 14.8 Å². The van der Waals surface area contributed by atoms with E-state index in [1.54, 1.807) is 26.4 Å². The van der Waals surface area contributed by atoms with Crippen LogP contribution in [0, 0.1) is 5.82 Å². The summed E-state index contributed by atoms with van der Waals surface area (Å²) in [7, 11) is 3.13. The number of halogens is 2. The van der Waals surface area contributed by atoms with Crippen molar-refractivity contribution in [3.05, 3.63) is 58.4 Å².